The number of benzene rings is 1. The van der Waals surface area contributed by atoms with Crippen molar-refractivity contribution in [3.8, 4) is 6.07 Å². The van der Waals surface area contributed by atoms with E-state index in [1.165, 1.54) is 11.8 Å². The van der Waals surface area contributed by atoms with Crippen LogP contribution in [-0.4, -0.2) is 51.6 Å². The zero-order chi connectivity index (χ0) is 25.6. The van der Waals surface area contributed by atoms with E-state index in [2.05, 4.69) is 25.8 Å². The highest BCUT2D eigenvalue weighted by molar-refractivity contribution is 7.99. The zero-order valence-electron chi connectivity index (χ0n) is 20.1. The maximum Gasteiger partial charge on any atom is 0.211 e. The first-order valence-electron chi connectivity index (χ1n) is 12.1. The van der Waals surface area contributed by atoms with Crippen molar-refractivity contribution in [1.29, 1.82) is 5.26 Å². The topological polar surface area (TPSA) is 125 Å². The van der Waals surface area contributed by atoms with Gasteiger partial charge in [0.2, 0.25) is 5.95 Å². The maximum absolute atomic E-state index is 9.10. The molecule has 188 valence electrons. The van der Waals surface area contributed by atoms with Gasteiger partial charge in [-0.1, -0.05) is 23.4 Å². The SMILES string of the molecule is N#Cc1ccc(N2C[C@@H](N)C3(CCN(c4ncc(Sc5ccnc(N)c5Cl)c5nccn45)CC3)C2)cc1. The van der Waals surface area contributed by atoms with Gasteiger partial charge in [-0.25, -0.2) is 15.0 Å². The number of nitrogens with two attached hydrogens (primary N) is 2. The van der Waals surface area contributed by atoms with E-state index in [-0.39, 0.29) is 11.5 Å². The van der Waals surface area contributed by atoms with Crippen molar-refractivity contribution < 1.29 is 0 Å². The Kier molecular flexibility index (Phi) is 6.07. The first-order valence-corrected chi connectivity index (χ1v) is 13.3. The fraction of sp³-hybridized carbons (Fsp3) is 0.308. The summed E-state index contributed by atoms with van der Waals surface area (Å²) in [4.78, 5) is 19.9. The van der Waals surface area contributed by atoms with Crippen LogP contribution in [0.25, 0.3) is 5.65 Å². The number of rotatable bonds is 4. The fourth-order valence-corrected chi connectivity index (χ4v) is 6.58. The molecule has 4 aromatic rings. The first kappa shape index (κ1) is 23.9. The Bertz CT molecular complexity index is 1490. The second-order valence-electron chi connectivity index (χ2n) is 9.65. The number of hydrogen-bond acceptors (Lipinski definition) is 9. The standard InChI is InChI=1S/C26H26ClN9S/c27-22-19(5-8-31-23(22)30)37-20-14-33-25(36-12-9-32-24(20)36)34-10-6-26(7-11-34)16-35(15-21(26)29)18-3-1-17(13-28)2-4-18/h1-5,8-9,12,14,21H,6-7,10-11,15-16,29H2,(H2,30,31)/t21-/m1/s1. The van der Waals surface area contributed by atoms with Crippen molar-refractivity contribution in [1.82, 2.24) is 19.4 Å². The number of aromatic nitrogens is 4. The first-order chi connectivity index (χ1) is 18.0. The van der Waals surface area contributed by atoms with Crippen LogP contribution in [0.2, 0.25) is 5.02 Å². The molecule has 3 aromatic heterocycles. The summed E-state index contributed by atoms with van der Waals surface area (Å²) in [5.41, 5.74) is 15.3. The van der Waals surface area contributed by atoms with Crippen LogP contribution in [0.5, 0.6) is 0 Å². The third kappa shape index (κ3) is 4.23. The van der Waals surface area contributed by atoms with Crippen molar-refractivity contribution in [2.24, 2.45) is 11.1 Å². The van der Waals surface area contributed by atoms with Gasteiger partial charge in [0.25, 0.3) is 0 Å². The molecule has 0 amide bonds. The second-order valence-corrected chi connectivity index (χ2v) is 11.1. The average molecular weight is 532 g/mol. The molecule has 2 fully saturated rings. The van der Waals surface area contributed by atoms with E-state index in [9.17, 15) is 0 Å². The molecular weight excluding hydrogens is 506 g/mol. The van der Waals surface area contributed by atoms with Crippen LogP contribution in [0.3, 0.4) is 0 Å². The molecule has 0 bridgehead atoms. The summed E-state index contributed by atoms with van der Waals surface area (Å²) in [6, 6.07) is 11.9. The predicted octanol–water partition coefficient (Wildman–Crippen LogP) is 3.82. The number of pyridine rings is 1. The summed E-state index contributed by atoms with van der Waals surface area (Å²) in [5, 5.41) is 9.53. The van der Waals surface area contributed by atoms with Crippen LogP contribution in [0.1, 0.15) is 18.4 Å². The summed E-state index contributed by atoms with van der Waals surface area (Å²) < 4.78 is 2.04. The van der Waals surface area contributed by atoms with Crippen molar-refractivity contribution in [3.05, 3.63) is 65.7 Å². The van der Waals surface area contributed by atoms with E-state index in [0.717, 1.165) is 66.1 Å². The Morgan fingerprint density at radius 2 is 1.81 bits per heavy atom. The Labute approximate surface area is 224 Å². The zero-order valence-corrected chi connectivity index (χ0v) is 21.7. The lowest BCUT2D eigenvalue weighted by Crippen LogP contribution is -2.49. The highest BCUT2D eigenvalue weighted by Gasteiger charge is 2.46. The van der Waals surface area contributed by atoms with E-state index < -0.39 is 0 Å². The summed E-state index contributed by atoms with van der Waals surface area (Å²) >= 11 is 7.84. The lowest BCUT2D eigenvalue weighted by molar-refractivity contribution is 0.219. The van der Waals surface area contributed by atoms with Crippen LogP contribution in [0.15, 0.2) is 64.9 Å². The molecule has 2 aliphatic heterocycles. The van der Waals surface area contributed by atoms with Crippen LogP contribution in [0, 0.1) is 16.7 Å². The van der Waals surface area contributed by atoms with E-state index in [1.54, 1.807) is 12.4 Å². The lowest BCUT2D eigenvalue weighted by Gasteiger charge is -2.42. The third-order valence-corrected chi connectivity index (χ3v) is 9.16. The summed E-state index contributed by atoms with van der Waals surface area (Å²) in [5.74, 6) is 1.18. The second kappa shape index (κ2) is 9.41. The Morgan fingerprint density at radius 3 is 2.57 bits per heavy atom. The van der Waals surface area contributed by atoms with Crippen molar-refractivity contribution >= 4 is 46.5 Å². The largest absolute Gasteiger partial charge is 0.382 e. The van der Waals surface area contributed by atoms with Gasteiger partial charge in [-0.3, -0.25) is 4.40 Å². The number of nitrogen functional groups attached to an aromatic ring is 1. The highest BCUT2D eigenvalue weighted by atomic mass is 35.5. The van der Waals surface area contributed by atoms with Gasteiger partial charge >= 0.3 is 0 Å². The van der Waals surface area contributed by atoms with E-state index >= 15 is 0 Å². The van der Waals surface area contributed by atoms with E-state index in [0.29, 0.717) is 16.4 Å². The Balaban J connectivity index is 1.19. The fourth-order valence-electron chi connectivity index (χ4n) is 5.45. The van der Waals surface area contributed by atoms with Gasteiger partial charge in [0.1, 0.15) is 5.82 Å². The van der Waals surface area contributed by atoms with Crippen molar-refractivity contribution in [3.63, 3.8) is 0 Å². The number of nitriles is 1. The smallest absolute Gasteiger partial charge is 0.211 e. The number of halogens is 1. The monoisotopic (exact) mass is 531 g/mol. The van der Waals surface area contributed by atoms with Crippen LogP contribution < -0.4 is 21.3 Å². The Morgan fingerprint density at radius 1 is 1.03 bits per heavy atom. The molecule has 0 aliphatic carbocycles. The number of piperidine rings is 1. The molecular formula is C26H26ClN9S. The molecule has 0 unspecified atom stereocenters. The molecule has 4 N–H and O–H groups in total. The summed E-state index contributed by atoms with van der Waals surface area (Å²) in [6.07, 6.45) is 9.22. The van der Waals surface area contributed by atoms with Gasteiger partial charge in [0.15, 0.2) is 5.65 Å². The van der Waals surface area contributed by atoms with Crippen molar-refractivity contribution in [2.45, 2.75) is 28.7 Å². The van der Waals surface area contributed by atoms with Gasteiger partial charge in [-0.15, -0.1) is 0 Å². The minimum Gasteiger partial charge on any atom is -0.382 e. The van der Waals surface area contributed by atoms with Crippen LogP contribution in [0.4, 0.5) is 17.5 Å². The molecule has 1 atom stereocenters. The highest BCUT2D eigenvalue weighted by Crippen LogP contribution is 2.43. The van der Waals surface area contributed by atoms with Crippen LogP contribution in [-0.2, 0) is 0 Å². The van der Waals surface area contributed by atoms with Gasteiger partial charge in [-0.05, 0) is 43.2 Å². The number of nitrogens with zero attached hydrogens (tertiary/aromatic N) is 7. The normalized spacial score (nSPS) is 19.0. The van der Waals surface area contributed by atoms with Gasteiger partial charge < -0.3 is 21.3 Å². The van der Waals surface area contributed by atoms with E-state index in [1.807, 2.05) is 47.1 Å². The molecule has 11 heteroatoms. The predicted molar refractivity (Wildman–Crippen MR) is 146 cm³/mol. The minimum absolute atomic E-state index is 0.0618. The number of hydrogen-bond donors (Lipinski definition) is 2. The molecule has 0 radical (unpaired) electrons. The van der Waals surface area contributed by atoms with Gasteiger partial charge in [-0.2, -0.15) is 5.26 Å². The molecule has 5 heterocycles. The van der Waals surface area contributed by atoms with Gasteiger partial charge in [0.05, 0.1) is 21.6 Å². The quantitative estimate of drug-likeness (QED) is 0.404. The number of imidazole rings is 1. The van der Waals surface area contributed by atoms with Crippen LogP contribution >= 0.6 is 23.4 Å². The molecule has 0 saturated carbocycles. The number of fused-ring (bicyclic) bond motifs is 1. The maximum atomic E-state index is 9.10. The summed E-state index contributed by atoms with van der Waals surface area (Å²) in [6.45, 7) is 3.49. The minimum atomic E-state index is 0.0618. The summed E-state index contributed by atoms with van der Waals surface area (Å²) in [7, 11) is 0. The molecule has 37 heavy (non-hydrogen) atoms. The molecule has 2 aliphatic rings. The molecule has 2 saturated heterocycles. The molecule has 1 aromatic carbocycles. The molecule has 1 spiro atoms. The van der Waals surface area contributed by atoms with E-state index in [4.69, 9.17) is 33.3 Å². The average Bonchev–Trinajstić information content (AvgIpc) is 3.53. The van der Waals surface area contributed by atoms with Gasteiger partial charge in [0, 0.05) is 73.0 Å². The molecule has 9 nitrogen and oxygen atoms in total. The molecule has 6 rings (SSSR count). The van der Waals surface area contributed by atoms with Crippen molar-refractivity contribution in [2.75, 3.05) is 41.7 Å². The number of anilines is 3. The Hall–Kier alpha value is -3.52. The lowest BCUT2D eigenvalue weighted by atomic mass is 9.75. The third-order valence-electron chi connectivity index (χ3n) is 7.59.